The lowest BCUT2D eigenvalue weighted by atomic mass is 9.85. The van der Waals surface area contributed by atoms with Crippen LogP contribution in [0.1, 0.15) is 25.8 Å². The number of ether oxygens (including phenoxy) is 1. The molecule has 1 spiro atoms. The van der Waals surface area contributed by atoms with Crippen LogP contribution >= 0.6 is 0 Å². The van der Waals surface area contributed by atoms with E-state index in [4.69, 9.17) is 4.74 Å². The highest BCUT2D eigenvalue weighted by Crippen LogP contribution is 2.44. The third-order valence-electron chi connectivity index (χ3n) is 3.52. The monoisotopic (exact) mass is 232 g/mol. The molecule has 2 aliphatic heterocycles. The van der Waals surface area contributed by atoms with Gasteiger partial charge in [0.15, 0.2) is 5.60 Å². The third kappa shape index (κ3) is 1.60. The second kappa shape index (κ2) is 3.23. The van der Waals surface area contributed by atoms with Crippen molar-refractivity contribution in [1.82, 2.24) is 5.32 Å². The topological polar surface area (TPSA) is 50.4 Å². The molecular formula is C13H16N2O2. The third-order valence-corrected chi connectivity index (χ3v) is 3.52. The fourth-order valence-electron chi connectivity index (χ4n) is 2.84. The van der Waals surface area contributed by atoms with Gasteiger partial charge >= 0.3 is 6.09 Å². The Morgan fingerprint density at radius 3 is 2.76 bits per heavy atom. The van der Waals surface area contributed by atoms with Gasteiger partial charge in [-0.25, -0.2) is 4.79 Å². The summed E-state index contributed by atoms with van der Waals surface area (Å²) < 4.78 is 5.58. The summed E-state index contributed by atoms with van der Waals surface area (Å²) in [4.78, 5) is 11.6. The summed E-state index contributed by atoms with van der Waals surface area (Å²) in [5.74, 6) is 0. The van der Waals surface area contributed by atoms with E-state index >= 15 is 0 Å². The molecule has 0 saturated carbocycles. The van der Waals surface area contributed by atoms with E-state index < -0.39 is 5.60 Å². The number of amides is 1. The number of hydrogen-bond acceptors (Lipinski definition) is 3. The minimum absolute atomic E-state index is 0.00920. The van der Waals surface area contributed by atoms with Gasteiger partial charge in [-0.15, -0.1) is 0 Å². The van der Waals surface area contributed by atoms with E-state index in [1.807, 2.05) is 24.3 Å². The summed E-state index contributed by atoms with van der Waals surface area (Å²) in [5, 5.41) is 6.16. The molecule has 2 heterocycles. The van der Waals surface area contributed by atoms with Crippen molar-refractivity contribution in [3.63, 3.8) is 0 Å². The maximum absolute atomic E-state index is 11.6. The van der Waals surface area contributed by atoms with E-state index in [0.29, 0.717) is 6.54 Å². The molecule has 90 valence electrons. The number of para-hydroxylation sites is 1. The fraction of sp³-hybridized carbons (Fsp3) is 0.462. The summed E-state index contributed by atoms with van der Waals surface area (Å²) in [5.41, 5.74) is 1.41. The van der Waals surface area contributed by atoms with Crippen molar-refractivity contribution in [2.45, 2.75) is 31.4 Å². The Hall–Kier alpha value is -1.55. The second-order valence-electron chi connectivity index (χ2n) is 5.47. The normalized spacial score (nSPS) is 29.6. The maximum Gasteiger partial charge on any atom is 0.412 e. The lowest BCUT2D eigenvalue weighted by Crippen LogP contribution is -2.41. The Morgan fingerprint density at radius 2 is 2.06 bits per heavy atom. The molecule has 4 nitrogen and oxygen atoms in total. The second-order valence-corrected chi connectivity index (χ2v) is 5.47. The number of carbonyl (C=O) groups excluding carboxylic acids is 1. The molecule has 1 unspecified atom stereocenters. The van der Waals surface area contributed by atoms with E-state index in [9.17, 15) is 4.79 Å². The molecule has 1 saturated heterocycles. The first-order valence-electron chi connectivity index (χ1n) is 5.85. The molecule has 0 bridgehead atoms. The van der Waals surface area contributed by atoms with Crippen molar-refractivity contribution in [2.75, 3.05) is 11.9 Å². The predicted octanol–water partition coefficient (Wildman–Crippen LogP) is 2.22. The maximum atomic E-state index is 11.6. The van der Waals surface area contributed by atoms with Crippen LogP contribution in [0, 0.1) is 0 Å². The van der Waals surface area contributed by atoms with Crippen molar-refractivity contribution < 1.29 is 9.53 Å². The molecule has 1 amide bonds. The zero-order valence-electron chi connectivity index (χ0n) is 10.0. The van der Waals surface area contributed by atoms with Crippen molar-refractivity contribution in [3.05, 3.63) is 29.8 Å². The molecule has 1 aromatic carbocycles. The van der Waals surface area contributed by atoms with Crippen molar-refractivity contribution in [2.24, 2.45) is 0 Å². The molecule has 1 aromatic rings. The van der Waals surface area contributed by atoms with E-state index in [2.05, 4.69) is 24.5 Å². The molecule has 2 aliphatic rings. The number of nitrogens with one attached hydrogen (secondary N) is 2. The van der Waals surface area contributed by atoms with Crippen LogP contribution in [0.4, 0.5) is 10.5 Å². The number of carbonyl (C=O) groups is 1. The zero-order valence-corrected chi connectivity index (χ0v) is 10.0. The summed E-state index contributed by atoms with van der Waals surface area (Å²) in [6.07, 6.45) is 0.438. The molecule has 2 N–H and O–H groups in total. The number of anilines is 1. The van der Waals surface area contributed by atoms with Crippen LogP contribution in [0.2, 0.25) is 0 Å². The Kier molecular flexibility index (Phi) is 2.01. The average Bonchev–Trinajstić information content (AvgIpc) is 2.55. The van der Waals surface area contributed by atoms with Crippen LogP contribution in [0.3, 0.4) is 0 Å². The number of fused-ring (bicyclic) bond motifs is 2. The lowest BCUT2D eigenvalue weighted by molar-refractivity contribution is 0.0233. The first-order chi connectivity index (χ1) is 8.01. The molecule has 17 heavy (non-hydrogen) atoms. The molecule has 1 fully saturated rings. The van der Waals surface area contributed by atoms with Gasteiger partial charge in [0, 0.05) is 24.1 Å². The van der Waals surface area contributed by atoms with Gasteiger partial charge in [0.1, 0.15) is 0 Å². The highest BCUT2D eigenvalue weighted by Gasteiger charge is 2.50. The van der Waals surface area contributed by atoms with Gasteiger partial charge in [-0.3, -0.25) is 5.32 Å². The zero-order chi connectivity index (χ0) is 12.1. The number of rotatable bonds is 0. The van der Waals surface area contributed by atoms with Gasteiger partial charge in [0.2, 0.25) is 0 Å². The van der Waals surface area contributed by atoms with E-state index in [-0.39, 0.29) is 11.6 Å². The van der Waals surface area contributed by atoms with E-state index in [0.717, 1.165) is 17.7 Å². The van der Waals surface area contributed by atoms with Crippen molar-refractivity contribution >= 4 is 11.8 Å². The van der Waals surface area contributed by atoms with Gasteiger partial charge in [0.25, 0.3) is 0 Å². The van der Waals surface area contributed by atoms with Gasteiger partial charge in [0.05, 0.1) is 5.69 Å². The van der Waals surface area contributed by atoms with Gasteiger partial charge in [-0.1, -0.05) is 18.2 Å². The van der Waals surface area contributed by atoms with Gasteiger partial charge in [-0.2, -0.15) is 0 Å². The lowest BCUT2D eigenvalue weighted by Gasteiger charge is -2.35. The van der Waals surface area contributed by atoms with Crippen LogP contribution in [-0.2, 0) is 10.3 Å². The number of hydrogen-bond donors (Lipinski definition) is 2. The van der Waals surface area contributed by atoms with E-state index in [1.165, 1.54) is 0 Å². The van der Waals surface area contributed by atoms with Crippen molar-refractivity contribution in [3.8, 4) is 0 Å². The quantitative estimate of drug-likeness (QED) is 0.721. The highest BCUT2D eigenvalue weighted by molar-refractivity contribution is 5.89. The highest BCUT2D eigenvalue weighted by atomic mass is 16.6. The van der Waals surface area contributed by atoms with E-state index in [1.54, 1.807) is 0 Å². The summed E-state index contributed by atoms with van der Waals surface area (Å²) in [6.45, 7) is 4.92. The van der Waals surface area contributed by atoms with Crippen LogP contribution in [0.15, 0.2) is 24.3 Å². The van der Waals surface area contributed by atoms with Crippen molar-refractivity contribution in [1.29, 1.82) is 0 Å². The Bertz CT molecular complexity index is 484. The fourth-order valence-corrected chi connectivity index (χ4v) is 2.84. The SMILES string of the molecule is CC1(C)CC2(CN1)OC(=O)Nc1ccccc12. The smallest absolute Gasteiger partial charge is 0.412 e. The summed E-state index contributed by atoms with van der Waals surface area (Å²) in [6, 6.07) is 7.85. The molecule has 0 aliphatic carbocycles. The van der Waals surface area contributed by atoms with Gasteiger partial charge < -0.3 is 10.1 Å². The molecule has 1 atom stereocenters. The summed E-state index contributed by atoms with van der Waals surface area (Å²) in [7, 11) is 0. The first kappa shape index (κ1) is 10.6. The molecule has 4 heteroatoms. The van der Waals surface area contributed by atoms with Crippen LogP contribution in [0.25, 0.3) is 0 Å². The Labute approximate surface area is 100 Å². The molecule has 0 aromatic heterocycles. The molecule has 0 radical (unpaired) electrons. The Morgan fingerprint density at radius 1 is 1.29 bits per heavy atom. The molecular weight excluding hydrogens is 216 g/mol. The predicted molar refractivity (Wildman–Crippen MR) is 64.9 cm³/mol. The Balaban J connectivity index is 2.10. The average molecular weight is 232 g/mol. The van der Waals surface area contributed by atoms with Crippen LogP contribution < -0.4 is 10.6 Å². The summed E-state index contributed by atoms with van der Waals surface area (Å²) >= 11 is 0. The molecule has 3 rings (SSSR count). The first-order valence-corrected chi connectivity index (χ1v) is 5.85. The standard InChI is InChI=1S/C13H16N2O2/c1-12(2)7-13(8-14-12)9-5-3-4-6-10(9)15-11(16)17-13/h3-6,14H,7-8H2,1-2H3,(H,15,16). The minimum atomic E-state index is -0.511. The van der Waals surface area contributed by atoms with Gasteiger partial charge in [-0.05, 0) is 19.9 Å². The van der Waals surface area contributed by atoms with Crippen LogP contribution in [0.5, 0.6) is 0 Å². The number of benzene rings is 1. The van der Waals surface area contributed by atoms with Crippen LogP contribution in [-0.4, -0.2) is 18.2 Å². The largest absolute Gasteiger partial charge is 0.436 e. The minimum Gasteiger partial charge on any atom is -0.436 e.